The Bertz CT molecular complexity index is 1210. The van der Waals surface area contributed by atoms with Gasteiger partial charge in [-0.05, 0) is 31.5 Å². The molecule has 0 aliphatic rings. The van der Waals surface area contributed by atoms with Crippen molar-refractivity contribution in [2.45, 2.75) is 26.8 Å². The van der Waals surface area contributed by atoms with E-state index in [-0.39, 0.29) is 11.7 Å². The van der Waals surface area contributed by atoms with Crippen LogP contribution in [-0.4, -0.2) is 42.0 Å². The van der Waals surface area contributed by atoms with E-state index in [1.54, 1.807) is 31.6 Å². The van der Waals surface area contributed by atoms with Gasteiger partial charge in [-0.15, -0.1) is 0 Å². The van der Waals surface area contributed by atoms with E-state index in [4.69, 9.17) is 0 Å². The van der Waals surface area contributed by atoms with Gasteiger partial charge in [-0.25, -0.2) is 13.8 Å². The number of nitrogens with zero attached hydrogens (tertiary/aromatic N) is 5. The summed E-state index contributed by atoms with van der Waals surface area (Å²) in [6.07, 6.45) is 4.06. The fourth-order valence-electron chi connectivity index (χ4n) is 3.21. The average molecular weight is 396 g/mol. The number of aromatic nitrogens is 5. The van der Waals surface area contributed by atoms with Crippen molar-refractivity contribution >= 4 is 22.4 Å². The molecule has 4 heterocycles. The number of hydrogen-bond donors (Lipinski definition) is 2. The summed E-state index contributed by atoms with van der Waals surface area (Å²) in [5, 5.41) is 15.2. The third kappa shape index (κ3) is 3.71. The van der Waals surface area contributed by atoms with E-state index in [1.807, 2.05) is 19.1 Å². The van der Waals surface area contributed by atoms with E-state index in [1.165, 1.54) is 6.20 Å². The van der Waals surface area contributed by atoms with Crippen LogP contribution in [0.4, 0.5) is 14.6 Å². The molecule has 0 saturated heterocycles. The number of alkyl halides is 2. The Labute approximate surface area is 164 Å². The Balaban J connectivity index is 1.76. The van der Waals surface area contributed by atoms with Gasteiger partial charge in [-0.2, -0.15) is 5.10 Å². The topological polar surface area (TPSA) is 92.0 Å². The maximum Gasteiger partial charge on any atom is 0.257 e. The molecule has 0 amide bonds. The Morgan fingerprint density at radius 3 is 2.90 bits per heavy atom. The summed E-state index contributed by atoms with van der Waals surface area (Å²) < 4.78 is 26.1. The van der Waals surface area contributed by atoms with E-state index in [2.05, 4.69) is 25.0 Å². The third-order valence-electron chi connectivity index (χ3n) is 4.57. The maximum absolute atomic E-state index is 12.5. The van der Waals surface area contributed by atoms with Crippen molar-refractivity contribution in [1.29, 1.82) is 0 Å². The molecular weight excluding hydrogens is 378 g/mol. The normalized spacial score (nSPS) is 12.2. The molecule has 0 fully saturated rings. The van der Waals surface area contributed by atoms with Crippen LogP contribution in [0.5, 0.6) is 5.88 Å². The number of fused-ring (bicyclic) bond motifs is 1. The van der Waals surface area contributed by atoms with Crippen LogP contribution in [0.2, 0.25) is 0 Å². The van der Waals surface area contributed by atoms with Crippen molar-refractivity contribution < 1.29 is 13.9 Å². The van der Waals surface area contributed by atoms with Crippen LogP contribution in [0.15, 0.2) is 48.0 Å². The number of aliphatic imine (C=N–C) groups is 1. The molecular formula is C20H18F2N6O. The quantitative estimate of drug-likeness (QED) is 0.494. The molecule has 0 radical (unpaired) electrons. The Morgan fingerprint density at radius 1 is 1.31 bits per heavy atom. The van der Waals surface area contributed by atoms with Crippen LogP contribution in [0.1, 0.15) is 18.1 Å². The highest BCUT2D eigenvalue weighted by molar-refractivity contribution is 6.13. The number of nitrogens with one attached hydrogen (secondary N) is 1. The Morgan fingerprint density at radius 2 is 2.14 bits per heavy atom. The maximum atomic E-state index is 12.5. The van der Waals surface area contributed by atoms with Gasteiger partial charge in [0.1, 0.15) is 6.54 Å². The predicted molar refractivity (Wildman–Crippen MR) is 106 cm³/mol. The van der Waals surface area contributed by atoms with Crippen LogP contribution < -0.4 is 0 Å². The molecule has 0 saturated carbocycles. The molecule has 0 spiro atoms. The molecule has 0 aromatic carbocycles. The first-order chi connectivity index (χ1) is 13.9. The lowest BCUT2D eigenvalue weighted by atomic mass is 10.0. The van der Waals surface area contributed by atoms with E-state index in [9.17, 15) is 13.9 Å². The zero-order valence-electron chi connectivity index (χ0n) is 15.8. The van der Waals surface area contributed by atoms with E-state index in [0.29, 0.717) is 16.8 Å². The van der Waals surface area contributed by atoms with Crippen molar-refractivity contribution in [3.05, 3.63) is 54.1 Å². The monoisotopic (exact) mass is 396 g/mol. The molecule has 0 unspecified atom stereocenters. The number of pyridine rings is 2. The van der Waals surface area contributed by atoms with Crippen LogP contribution in [0.3, 0.4) is 0 Å². The number of aromatic amines is 1. The number of hydrogen-bond acceptors (Lipinski definition) is 5. The summed E-state index contributed by atoms with van der Waals surface area (Å²) in [6, 6.07) is 5.31. The molecule has 0 bridgehead atoms. The van der Waals surface area contributed by atoms with Gasteiger partial charge >= 0.3 is 0 Å². The molecule has 0 aliphatic heterocycles. The SMILES string of the molecule is CC(=Nc1ccn(CC(F)F)n1)c1c(O)[nH]c2cnc(-c3cnccc3C)cc12. The molecule has 0 atom stereocenters. The summed E-state index contributed by atoms with van der Waals surface area (Å²) in [7, 11) is 0. The van der Waals surface area contributed by atoms with Crippen LogP contribution in [-0.2, 0) is 6.54 Å². The molecule has 4 aromatic heterocycles. The molecule has 148 valence electrons. The smallest absolute Gasteiger partial charge is 0.257 e. The van der Waals surface area contributed by atoms with Gasteiger partial charge in [0.25, 0.3) is 6.43 Å². The van der Waals surface area contributed by atoms with Crippen molar-refractivity contribution in [1.82, 2.24) is 24.7 Å². The second-order valence-electron chi connectivity index (χ2n) is 6.64. The molecule has 2 N–H and O–H groups in total. The lowest BCUT2D eigenvalue weighted by Gasteiger charge is -2.05. The number of halogens is 2. The number of rotatable bonds is 5. The van der Waals surface area contributed by atoms with E-state index in [0.717, 1.165) is 26.9 Å². The summed E-state index contributed by atoms with van der Waals surface area (Å²) in [4.78, 5) is 15.9. The predicted octanol–water partition coefficient (Wildman–Crippen LogP) is 4.24. The third-order valence-corrected chi connectivity index (χ3v) is 4.57. The number of H-pyrrole nitrogens is 1. The fraction of sp³-hybridized carbons (Fsp3) is 0.200. The van der Waals surface area contributed by atoms with Gasteiger partial charge in [0.05, 0.1) is 28.7 Å². The lowest BCUT2D eigenvalue weighted by Crippen LogP contribution is -2.06. The molecule has 29 heavy (non-hydrogen) atoms. The summed E-state index contributed by atoms with van der Waals surface area (Å²) in [5.41, 5.74) is 4.30. The molecule has 0 aliphatic carbocycles. The minimum absolute atomic E-state index is 0.0462. The highest BCUT2D eigenvalue weighted by atomic mass is 19.3. The van der Waals surface area contributed by atoms with E-state index < -0.39 is 13.0 Å². The second-order valence-corrected chi connectivity index (χ2v) is 6.64. The van der Waals surface area contributed by atoms with Crippen LogP contribution in [0.25, 0.3) is 22.2 Å². The summed E-state index contributed by atoms with van der Waals surface area (Å²) in [6.45, 7) is 3.21. The largest absolute Gasteiger partial charge is 0.494 e. The zero-order valence-corrected chi connectivity index (χ0v) is 15.8. The van der Waals surface area contributed by atoms with Crippen molar-refractivity contribution in [3.8, 4) is 17.1 Å². The first-order valence-electron chi connectivity index (χ1n) is 8.91. The van der Waals surface area contributed by atoms with Crippen LogP contribution in [0, 0.1) is 6.92 Å². The zero-order chi connectivity index (χ0) is 20.5. The van der Waals surface area contributed by atoms with E-state index >= 15 is 0 Å². The molecule has 4 rings (SSSR count). The van der Waals surface area contributed by atoms with Crippen molar-refractivity contribution in [3.63, 3.8) is 0 Å². The Hall–Kier alpha value is -3.62. The fourth-order valence-corrected chi connectivity index (χ4v) is 3.21. The van der Waals surface area contributed by atoms with Crippen LogP contribution >= 0.6 is 0 Å². The van der Waals surface area contributed by atoms with Crippen molar-refractivity contribution in [2.24, 2.45) is 4.99 Å². The number of aryl methyl sites for hydroxylation is 1. The lowest BCUT2D eigenvalue weighted by molar-refractivity contribution is 0.122. The van der Waals surface area contributed by atoms with Gasteiger partial charge in [0.2, 0.25) is 0 Å². The summed E-state index contributed by atoms with van der Waals surface area (Å²) in [5.74, 6) is 0.240. The van der Waals surface area contributed by atoms with Crippen molar-refractivity contribution in [2.75, 3.05) is 0 Å². The molecule has 4 aromatic rings. The Kier molecular flexibility index (Phi) is 4.79. The van der Waals surface area contributed by atoms with Gasteiger partial charge < -0.3 is 10.1 Å². The van der Waals surface area contributed by atoms with Gasteiger partial charge in [-0.1, -0.05) is 0 Å². The average Bonchev–Trinajstić information content (AvgIpc) is 3.23. The first-order valence-corrected chi connectivity index (χ1v) is 8.91. The highest BCUT2D eigenvalue weighted by Crippen LogP contribution is 2.31. The molecule has 9 heteroatoms. The highest BCUT2D eigenvalue weighted by Gasteiger charge is 2.16. The minimum Gasteiger partial charge on any atom is -0.494 e. The standard InChI is InChI=1S/C20H18F2N6O/c1-11-3-5-23-8-14(11)15-7-13-16(9-24-15)26-20(29)19(13)12(2)25-18-4-6-28(27-18)10-17(21)22/h3-9,17,26,29H,10H2,1-2H3. The molecule has 7 nitrogen and oxygen atoms in total. The second kappa shape index (κ2) is 7.42. The van der Waals surface area contributed by atoms with Gasteiger partial charge in [0.15, 0.2) is 11.7 Å². The first kappa shape index (κ1) is 18.7. The summed E-state index contributed by atoms with van der Waals surface area (Å²) >= 11 is 0. The minimum atomic E-state index is -2.49. The van der Waals surface area contributed by atoms with Gasteiger partial charge in [-0.3, -0.25) is 14.6 Å². The van der Waals surface area contributed by atoms with Gasteiger partial charge in [0, 0.05) is 35.6 Å². The number of aromatic hydroxyl groups is 1.